The number of carbonyl (C=O) groups is 1. The summed E-state index contributed by atoms with van der Waals surface area (Å²) in [5.41, 5.74) is 3.57. The summed E-state index contributed by atoms with van der Waals surface area (Å²) in [6.45, 7) is 5.97. The Morgan fingerprint density at radius 3 is 2.68 bits per heavy atom. The van der Waals surface area contributed by atoms with E-state index in [9.17, 15) is 9.18 Å². The maximum absolute atomic E-state index is 13.3. The molecule has 0 bridgehead atoms. The molecule has 116 valence electrons. The Morgan fingerprint density at radius 2 is 2.00 bits per heavy atom. The molecular weight excluding hydrogens is 279 g/mol. The van der Waals surface area contributed by atoms with Crippen LogP contribution in [0.3, 0.4) is 0 Å². The van der Waals surface area contributed by atoms with Gasteiger partial charge in [-0.15, -0.1) is 0 Å². The summed E-state index contributed by atoms with van der Waals surface area (Å²) >= 11 is 0. The molecule has 1 unspecified atom stereocenters. The first-order chi connectivity index (χ1) is 10.5. The lowest BCUT2D eigenvalue weighted by Crippen LogP contribution is -2.18. The van der Waals surface area contributed by atoms with Crippen molar-refractivity contribution >= 4 is 11.6 Å². The molecule has 0 saturated heterocycles. The number of aryl methyl sites for hydroxylation is 1. The van der Waals surface area contributed by atoms with Gasteiger partial charge in [-0.05, 0) is 48.7 Å². The zero-order valence-corrected chi connectivity index (χ0v) is 13.1. The molecule has 2 aromatic rings. The van der Waals surface area contributed by atoms with Gasteiger partial charge in [0.1, 0.15) is 5.82 Å². The van der Waals surface area contributed by atoms with E-state index in [0.717, 1.165) is 16.8 Å². The minimum Gasteiger partial charge on any atom is -0.326 e. The Bertz CT molecular complexity index is 670. The van der Waals surface area contributed by atoms with Crippen molar-refractivity contribution < 1.29 is 9.18 Å². The Labute approximate surface area is 130 Å². The van der Waals surface area contributed by atoms with E-state index in [2.05, 4.69) is 17.6 Å². The molecule has 0 aliphatic rings. The number of amides is 1. The molecule has 2 rings (SSSR count). The highest BCUT2D eigenvalue weighted by molar-refractivity contribution is 5.88. The molecule has 0 aliphatic heterocycles. The van der Waals surface area contributed by atoms with Crippen LogP contribution in [0.4, 0.5) is 10.1 Å². The van der Waals surface area contributed by atoms with Crippen molar-refractivity contribution in [2.75, 3.05) is 5.32 Å². The topological polar surface area (TPSA) is 41.1 Å². The molecule has 0 fully saturated rings. The van der Waals surface area contributed by atoms with Gasteiger partial charge in [0.25, 0.3) is 0 Å². The van der Waals surface area contributed by atoms with Crippen molar-refractivity contribution in [1.29, 1.82) is 0 Å². The normalized spacial score (nSPS) is 12.0. The number of anilines is 1. The molecule has 1 amide bonds. The Balaban J connectivity index is 2.01. The monoisotopic (exact) mass is 300 g/mol. The molecule has 22 heavy (non-hydrogen) atoms. The molecule has 0 saturated carbocycles. The van der Waals surface area contributed by atoms with Crippen LogP contribution < -0.4 is 10.6 Å². The molecule has 0 spiro atoms. The predicted octanol–water partition coefficient (Wildman–Crippen LogP) is 3.94. The largest absolute Gasteiger partial charge is 0.326 e. The molecule has 0 aliphatic carbocycles. The lowest BCUT2D eigenvalue weighted by molar-refractivity contribution is -0.114. The van der Waals surface area contributed by atoms with Crippen molar-refractivity contribution in [3.8, 4) is 0 Å². The highest BCUT2D eigenvalue weighted by Crippen LogP contribution is 2.18. The van der Waals surface area contributed by atoms with Gasteiger partial charge in [0.05, 0.1) is 0 Å². The van der Waals surface area contributed by atoms with Crippen molar-refractivity contribution in [2.24, 2.45) is 0 Å². The SMILES string of the molecule is CC(=O)Nc1cccc(C(C)NCc2ccc(F)c(C)c2)c1. The van der Waals surface area contributed by atoms with Crippen LogP contribution in [0.2, 0.25) is 0 Å². The van der Waals surface area contributed by atoms with Gasteiger partial charge in [0.15, 0.2) is 0 Å². The van der Waals surface area contributed by atoms with Crippen molar-refractivity contribution in [2.45, 2.75) is 33.4 Å². The van der Waals surface area contributed by atoms with Crippen molar-refractivity contribution in [3.05, 3.63) is 65.0 Å². The third kappa shape index (κ3) is 4.40. The second kappa shape index (κ2) is 7.18. The van der Waals surface area contributed by atoms with E-state index in [1.54, 1.807) is 13.0 Å². The third-order valence-corrected chi connectivity index (χ3v) is 3.54. The molecule has 3 nitrogen and oxygen atoms in total. The van der Waals surface area contributed by atoms with Gasteiger partial charge in [-0.1, -0.05) is 24.3 Å². The van der Waals surface area contributed by atoms with Crippen molar-refractivity contribution in [3.63, 3.8) is 0 Å². The van der Waals surface area contributed by atoms with Crippen molar-refractivity contribution in [1.82, 2.24) is 5.32 Å². The van der Waals surface area contributed by atoms with Gasteiger partial charge in [-0.3, -0.25) is 4.79 Å². The van der Waals surface area contributed by atoms with Gasteiger partial charge in [-0.25, -0.2) is 4.39 Å². The fraction of sp³-hybridized carbons (Fsp3) is 0.278. The van der Waals surface area contributed by atoms with Gasteiger partial charge in [0.2, 0.25) is 5.91 Å². The van der Waals surface area contributed by atoms with Gasteiger partial charge < -0.3 is 10.6 Å². The zero-order valence-electron chi connectivity index (χ0n) is 13.1. The van der Waals surface area contributed by atoms with E-state index < -0.39 is 0 Å². The number of hydrogen-bond donors (Lipinski definition) is 2. The lowest BCUT2D eigenvalue weighted by Gasteiger charge is -2.16. The summed E-state index contributed by atoms with van der Waals surface area (Å²) in [4.78, 5) is 11.1. The summed E-state index contributed by atoms with van der Waals surface area (Å²) in [6.07, 6.45) is 0. The average Bonchev–Trinajstić information content (AvgIpc) is 2.48. The van der Waals surface area contributed by atoms with Gasteiger partial charge in [0, 0.05) is 25.2 Å². The number of rotatable bonds is 5. The molecule has 4 heteroatoms. The minimum atomic E-state index is -0.181. The standard InChI is InChI=1S/C18H21FN2O/c1-12-9-15(7-8-18(12)19)11-20-13(2)16-5-4-6-17(10-16)21-14(3)22/h4-10,13,20H,11H2,1-3H3,(H,21,22). The second-order valence-corrected chi connectivity index (χ2v) is 5.49. The Kier molecular flexibility index (Phi) is 5.28. The predicted molar refractivity (Wildman–Crippen MR) is 87.1 cm³/mol. The second-order valence-electron chi connectivity index (χ2n) is 5.49. The Hall–Kier alpha value is -2.20. The highest BCUT2D eigenvalue weighted by atomic mass is 19.1. The number of halogens is 1. The van der Waals surface area contributed by atoms with Crippen LogP contribution >= 0.6 is 0 Å². The van der Waals surface area contributed by atoms with Crippen LogP contribution in [0.1, 0.15) is 36.6 Å². The third-order valence-electron chi connectivity index (χ3n) is 3.54. The summed E-state index contributed by atoms with van der Waals surface area (Å²) in [5, 5.41) is 6.19. The van der Waals surface area contributed by atoms with Crippen LogP contribution in [-0.4, -0.2) is 5.91 Å². The van der Waals surface area contributed by atoms with Crippen LogP contribution in [0.15, 0.2) is 42.5 Å². The average molecular weight is 300 g/mol. The molecule has 2 aromatic carbocycles. The summed E-state index contributed by atoms with van der Waals surface area (Å²) in [6, 6.07) is 13.0. The molecule has 1 atom stereocenters. The van der Waals surface area contributed by atoms with Crippen LogP contribution in [0, 0.1) is 12.7 Å². The van der Waals surface area contributed by atoms with Crippen LogP contribution in [-0.2, 0) is 11.3 Å². The van der Waals surface area contributed by atoms with Crippen LogP contribution in [0.25, 0.3) is 0 Å². The van der Waals surface area contributed by atoms with Gasteiger partial charge >= 0.3 is 0 Å². The minimum absolute atomic E-state index is 0.0838. The van der Waals surface area contributed by atoms with Crippen LogP contribution in [0.5, 0.6) is 0 Å². The van der Waals surface area contributed by atoms with E-state index in [-0.39, 0.29) is 17.8 Å². The molecule has 0 radical (unpaired) electrons. The fourth-order valence-electron chi connectivity index (χ4n) is 2.29. The molecule has 0 heterocycles. The number of hydrogen-bond acceptors (Lipinski definition) is 2. The van der Waals surface area contributed by atoms with E-state index in [0.29, 0.717) is 12.1 Å². The fourth-order valence-corrected chi connectivity index (χ4v) is 2.29. The quantitative estimate of drug-likeness (QED) is 0.878. The number of carbonyl (C=O) groups excluding carboxylic acids is 1. The molecule has 2 N–H and O–H groups in total. The maximum atomic E-state index is 13.3. The first kappa shape index (κ1) is 16.2. The van der Waals surface area contributed by atoms with E-state index in [1.165, 1.54) is 13.0 Å². The first-order valence-electron chi connectivity index (χ1n) is 7.31. The number of benzene rings is 2. The zero-order chi connectivity index (χ0) is 16.1. The van der Waals surface area contributed by atoms with E-state index in [4.69, 9.17) is 0 Å². The van der Waals surface area contributed by atoms with E-state index in [1.807, 2.05) is 30.3 Å². The summed E-state index contributed by atoms with van der Waals surface area (Å²) < 4.78 is 13.3. The summed E-state index contributed by atoms with van der Waals surface area (Å²) in [5.74, 6) is -0.264. The maximum Gasteiger partial charge on any atom is 0.221 e. The lowest BCUT2D eigenvalue weighted by atomic mass is 10.1. The molecule has 0 aromatic heterocycles. The van der Waals surface area contributed by atoms with Gasteiger partial charge in [-0.2, -0.15) is 0 Å². The highest BCUT2D eigenvalue weighted by Gasteiger charge is 2.07. The number of nitrogens with one attached hydrogen (secondary N) is 2. The molecular formula is C18H21FN2O. The summed E-state index contributed by atoms with van der Waals surface area (Å²) in [7, 11) is 0. The first-order valence-corrected chi connectivity index (χ1v) is 7.31. The Morgan fingerprint density at radius 1 is 1.23 bits per heavy atom. The van der Waals surface area contributed by atoms with E-state index >= 15 is 0 Å². The smallest absolute Gasteiger partial charge is 0.221 e.